The molecule has 0 amide bonds. The van der Waals surface area contributed by atoms with E-state index in [-0.39, 0.29) is 0 Å². The SMILES string of the molecule is N[C@H]1CCN(CC2Cc3ccccc3S2)C1. The van der Waals surface area contributed by atoms with Gasteiger partial charge in [-0.05, 0) is 31.0 Å². The summed E-state index contributed by atoms with van der Waals surface area (Å²) in [6, 6.07) is 9.20. The maximum atomic E-state index is 5.94. The van der Waals surface area contributed by atoms with Crippen LogP contribution in [0.4, 0.5) is 0 Å². The first kappa shape index (κ1) is 10.6. The van der Waals surface area contributed by atoms with Crippen LogP contribution < -0.4 is 5.73 Å². The second kappa shape index (κ2) is 4.40. The Hall–Kier alpha value is -0.510. The van der Waals surface area contributed by atoms with Crippen molar-refractivity contribution in [1.29, 1.82) is 0 Å². The third-order valence-corrected chi connectivity index (χ3v) is 4.79. The van der Waals surface area contributed by atoms with E-state index in [2.05, 4.69) is 29.2 Å². The Morgan fingerprint density at radius 1 is 1.38 bits per heavy atom. The van der Waals surface area contributed by atoms with Gasteiger partial charge < -0.3 is 10.6 Å². The van der Waals surface area contributed by atoms with Crippen LogP contribution in [-0.4, -0.2) is 35.8 Å². The number of nitrogens with two attached hydrogens (primary N) is 1. The molecule has 1 aromatic carbocycles. The maximum Gasteiger partial charge on any atom is 0.0263 e. The topological polar surface area (TPSA) is 29.3 Å². The summed E-state index contributed by atoms with van der Waals surface area (Å²) in [6.45, 7) is 3.48. The van der Waals surface area contributed by atoms with Crippen LogP contribution in [0.25, 0.3) is 0 Å². The average Bonchev–Trinajstić information content (AvgIpc) is 2.84. The highest BCUT2D eigenvalue weighted by molar-refractivity contribution is 8.00. The summed E-state index contributed by atoms with van der Waals surface area (Å²) in [6.07, 6.45) is 2.40. The van der Waals surface area contributed by atoms with E-state index in [0.29, 0.717) is 6.04 Å². The molecule has 0 aromatic heterocycles. The zero-order valence-electron chi connectivity index (χ0n) is 9.43. The molecule has 1 unspecified atom stereocenters. The second-order valence-electron chi connectivity index (χ2n) is 4.86. The van der Waals surface area contributed by atoms with Gasteiger partial charge in [0, 0.05) is 29.3 Å². The predicted octanol–water partition coefficient (Wildman–Crippen LogP) is 1.74. The number of thioether (sulfide) groups is 1. The minimum Gasteiger partial charge on any atom is -0.326 e. The van der Waals surface area contributed by atoms with Gasteiger partial charge in [0.15, 0.2) is 0 Å². The van der Waals surface area contributed by atoms with Crippen molar-refractivity contribution in [2.45, 2.75) is 29.0 Å². The first-order valence-electron chi connectivity index (χ1n) is 6.04. The molecule has 86 valence electrons. The van der Waals surface area contributed by atoms with Gasteiger partial charge in [0.2, 0.25) is 0 Å². The largest absolute Gasteiger partial charge is 0.326 e. The van der Waals surface area contributed by atoms with Crippen molar-refractivity contribution in [3.63, 3.8) is 0 Å². The van der Waals surface area contributed by atoms with Crippen LogP contribution in [0.3, 0.4) is 0 Å². The summed E-state index contributed by atoms with van der Waals surface area (Å²) < 4.78 is 0. The van der Waals surface area contributed by atoms with Gasteiger partial charge in [0.1, 0.15) is 0 Å². The molecule has 0 radical (unpaired) electrons. The van der Waals surface area contributed by atoms with Crippen molar-refractivity contribution in [1.82, 2.24) is 4.90 Å². The number of fused-ring (bicyclic) bond motifs is 1. The molecule has 2 aliphatic rings. The van der Waals surface area contributed by atoms with Crippen molar-refractivity contribution in [2.24, 2.45) is 5.73 Å². The zero-order valence-corrected chi connectivity index (χ0v) is 10.2. The van der Waals surface area contributed by atoms with Crippen LogP contribution in [0.15, 0.2) is 29.2 Å². The summed E-state index contributed by atoms with van der Waals surface area (Å²) in [5.41, 5.74) is 7.46. The number of hydrogen-bond acceptors (Lipinski definition) is 3. The van der Waals surface area contributed by atoms with Gasteiger partial charge in [-0.1, -0.05) is 18.2 Å². The van der Waals surface area contributed by atoms with Gasteiger partial charge in [-0.25, -0.2) is 0 Å². The van der Waals surface area contributed by atoms with Crippen LogP contribution in [0.5, 0.6) is 0 Å². The number of likely N-dealkylation sites (tertiary alicyclic amines) is 1. The summed E-state index contributed by atoms with van der Waals surface area (Å²) >= 11 is 2.04. The molecule has 2 aliphatic heterocycles. The molecular formula is C13H18N2S. The highest BCUT2D eigenvalue weighted by Crippen LogP contribution is 2.37. The van der Waals surface area contributed by atoms with E-state index in [1.807, 2.05) is 11.8 Å². The van der Waals surface area contributed by atoms with E-state index in [0.717, 1.165) is 11.8 Å². The zero-order chi connectivity index (χ0) is 11.0. The number of rotatable bonds is 2. The van der Waals surface area contributed by atoms with Gasteiger partial charge in [0.25, 0.3) is 0 Å². The number of benzene rings is 1. The van der Waals surface area contributed by atoms with Crippen molar-refractivity contribution in [3.05, 3.63) is 29.8 Å². The van der Waals surface area contributed by atoms with Crippen molar-refractivity contribution < 1.29 is 0 Å². The molecule has 2 heterocycles. The highest BCUT2D eigenvalue weighted by atomic mass is 32.2. The molecule has 1 saturated heterocycles. The molecule has 16 heavy (non-hydrogen) atoms. The lowest BCUT2D eigenvalue weighted by atomic mass is 10.1. The van der Waals surface area contributed by atoms with E-state index in [9.17, 15) is 0 Å². The third-order valence-electron chi connectivity index (χ3n) is 3.48. The first-order valence-corrected chi connectivity index (χ1v) is 6.92. The molecule has 1 fully saturated rings. The smallest absolute Gasteiger partial charge is 0.0263 e. The van der Waals surface area contributed by atoms with Crippen LogP contribution >= 0.6 is 11.8 Å². The Kier molecular flexibility index (Phi) is 2.92. The van der Waals surface area contributed by atoms with Gasteiger partial charge in [-0.2, -0.15) is 0 Å². The fourth-order valence-electron chi connectivity index (χ4n) is 2.67. The summed E-state index contributed by atoms with van der Waals surface area (Å²) in [5, 5.41) is 0.739. The molecule has 1 aromatic rings. The van der Waals surface area contributed by atoms with Crippen LogP contribution in [0.1, 0.15) is 12.0 Å². The average molecular weight is 234 g/mol. The molecule has 3 rings (SSSR count). The van der Waals surface area contributed by atoms with Crippen LogP contribution in [-0.2, 0) is 6.42 Å². The Bertz CT molecular complexity index is 355. The van der Waals surface area contributed by atoms with Crippen LogP contribution in [0.2, 0.25) is 0 Å². The van der Waals surface area contributed by atoms with Crippen molar-refractivity contribution in [2.75, 3.05) is 19.6 Å². The highest BCUT2D eigenvalue weighted by Gasteiger charge is 2.26. The molecule has 2 nitrogen and oxygen atoms in total. The quantitative estimate of drug-likeness (QED) is 0.845. The minimum absolute atomic E-state index is 0.411. The fourth-order valence-corrected chi connectivity index (χ4v) is 4.04. The number of hydrogen-bond donors (Lipinski definition) is 1. The molecule has 2 N–H and O–H groups in total. The molecule has 3 heteroatoms. The van der Waals surface area contributed by atoms with E-state index in [4.69, 9.17) is 5.73 Å². The van der Waals surface area contributed by atoms with Gasteiger partial charge >= 0.3 is 0 Å². The lowest BCUT2D eigenvalue weighted by Gasteiger charge is -2.19. The van der Waals surface area contributed by atoms with E-state index >= 15 is 0 Å². The van der Waals surface area contributed by atoms with Crippen LogP contribution in [0, 0.1) is 0 Å². The van der Waals surface area contributed by atoms with E-state index < -0.39 is 0 Å². The van der Waals surface area contributed by atoms with E-state index in [1.54, 1.807) is 0 Å². The van der Waals surface area contributed by atoms with Gasteiger partial charge in [-0.15, -0.1) is 11.8 Å². The second-order valence-corrected chi connectivity index (χ2v) is 6.20. The minimum atomic E-state index is 0.411. The molecule has 0 saturated carbocycles. The molecule has 0 aliphatic carbocycles. The lowest BCUT2D eigenvalue weighted by Crippen LogP contribution is -2.31. The fraction of sp³-hybridized carbons (Fsp3) is 0.538. The molecule has 2 atom stereocenters. The monoisotopic (exact) mass is 234 g/mol. The first-order chi connectivity index (χ1) is 7.81. The Labute approximate surface area is 101 Å². The molecule has 0 bridgehead atoms. The standard InChI is InChI=1S/C13H18N2S/c14-11-5-6-15(8-11)9-12-7-10-3-1-2-4-13(10)16-12/h1-4,11-12H,5-9,14H2/t11-,12?/m0/s1. The predicted molar refractivity (Wildman–Crippen MR) is 68.8 cm³/mol. The maximum absolute atomic E-state index is 5.94. The Balaban J connectivity index is 1.60. The van der Waals surface area contributed by atoms with Gasteiger partial charge in [-0.3, -0.25) is 0 Å². The summed E-state index contributed by atoms with van der Waals surface area (Å²) in [4.78, 5) is 4.00. The summed E-state index contributed by atoms with van der Waals surface area (Å²) in [7, 11) is 0. The van der Waals surface area contributed by atoms with Crippen molar-refractivity contribution in [3.8, 4) is 0 Å². The normalized spacial score (nSPS) is 29.6. The van der Waals surface area contributed by atoms with Crippen molar-refractivity contribution >= 4 is 11.8 Å². The van der Waals surface area contributed by atoms with E-state index in [1.165, 1.54) is 36.4 Å². The Morgan fingerprint density at radius 3 is 3.00 bits per heavy atom. The summed E-state index contributed by atoms with van der Waals surface area (Å²) in [5.74, 6) is 0. The third kappa shape index (κ3) is 2.12. The number of nitrogens with zero attached hydrogens (tertiary/aromatic N) is 1. The van der Waals surface area contributed by atoms with Gasteiger partial charge in [0.05, 0.1) is 0 Å². The lowest BCUT2D eigenvalue weighted by molar-refractivity contribution is 0.335. The Morgan fingerprint density at radius 2 is 2.25 bits per heavy atom. The molecular weight excluding hydrogens is 216 g/mol. The molecule has 0 spiro atoms.